The summed E-state index contributed by atoms with van der Waals surface area (Å²) in [5, 5.41) is 0.779. The molecule has 0 fully saturated rings. The highest BCUT2D eigenvalue weighted by atomic mass is 79.9. The summed E-state index contributed by atoms with van der Waals surface area (Å²) in [5.41, 5.74) is 1.21. The van der Waals surface area contributed by atoms with Gasteiger partial charge in [0, 0.05) is 11.5 Å². The van der Waals surface area contributed by atoms with Gasteiger partial charge in [0.1, 0.15) is 0 Å². The molecule has 3 heteroatoms. The molecule has 0 aliphatic carbocycles. The van der Waals surface area contributed by atoms with Gasteiger partial charge in [-0.2, -0.15) is 0 Å². The van der Waals surface area contributed by atoms with Crippen LogP contribution in [-0.2, 0) is 6.42 Å². The highest BCUT2D eigenvalue weighted by Crippen LogP contribution is 2.24. The third kappa shape index (κ3) is 3.30. The molecule has 1 rings (SSSR count). The molecule has 0 spiro atoms. The zero-order valence-corrected chi connectivity index (χ0v) is 10.2. The zero-order chi connectivity index (χ0) is 8.97. The lowest BCUT2D eigenvalue weighted by Crippen LogP contribution is -1.83. The maximum Gasteiger partial charge on any atom is 0.0752 e. The predicted octanol–water partition coefficient (Wildman–Crippen LogP) is 4.43. The standard InChI is InChI=1S/C9H7Br2Cl/c10-9(11)8(12)6-7-4-2-1-3-5-7/h1-5H,6H2. The second-order valence-corrected chi connectivity index (χ2v) is 5.43. The van der Waals surface area contributed by atoms with Crippen molar-refractivity contribution in [1.82, 2.24) is 0 Å². The summed E-state index contributed by atoms with van der Waals surface area (Å²) in [6.07, 6.45) is 0.758. The fourth-order valence-corrected chi connectivity index (χ4v) is 1.28. The minimum absolute atomic E-state index is 0.758. The molecule has 1 aromatic rings. The Balaban J connectivity index is 2.72. The molecule has 0 amide bonds. The van der Waals surface area contributed by atoms with Gasteiger partial charge < -0.3 is 0 Å². The van der Waals surface area contributed by atoms with Crippen LogP contribution in [0.2, 0.25) is 0 Å². The van der Waals surface area contributed by atoms with Crippen LogP contribution in [0.5, 0.6) is 0 Å². The van der Waals surface area contributed by atoms with E-state index in [9.17, 15) is 0 Å². The third-order valence-corrected chi connectivity index (χ3v) is 3.14. The van der Waals surface area contributed by atoms with Crippen molar-refractivity contribution >= 4 is 43.5 Å². The molecule has 0 saturated carbocycles. The lowest BCUT2D eigenvalue weighted by atomic mass is 10.1. The molecule has 0 saturated heterocycles. The Bertz CT molecular complexity index is 276. The summed E-state index contributed by atoms with van der Waals surface area (Å²) in [5.74, 6) is 0. The molecule has 0 aromatic heterocycles. The van der Waals surface area contributed by atoms with E-state index in [0.717, 1.165) is 14.8 Å². The van der Waals surface area contributed by atoms with E-state index in [1.54, 1.807) is 0 Å². The summed E-state index contributed by atoms with van der Waals surface area (Å²) in [6.45, 7) is 0. The van der Waals surface area contributed by atoms with Crippen LogP contribution in [0.1, 0.15) is 5.56 Å². The molecule has 64 valence electrons. The fraction of sp³-hybridized carbons (Fsp3) is 0.111. The highest BCUT2D eigenvalue weighted by Gasteiger charge is 1.98. The van der Waals surface area contributed by atoms with Gasteiger partial charge >= 0.3 is 0 Å². The van der Waals surface area contributed by atoms with E-state index in [-0.39, 0.29) is 0 Å². The molecule has 12 heavy (non-hydrogen) atoms. The first-order valence-corrected chi connectivity index (χ1v) is 5.40. The van der Waals surface area contributed by atoms with Crippen molar-refractivity contribution in [2.24, 2.45) is 0 Å². The second-order valence-electron chi connectivity index (χ2n) is 2.33. The van der Waals surface area contributed by atoms with Gasteiger partial charge in [-0.25, -0.2) is 0 Å². The van der Waals surface area contributed by atoms with Crippen LogP contribution in [0, 0.1) is 0 Å². The first-order valence-electron chi connectivity index (χ1n) is 3.43. The van der Waals surface area contributed by atoms with Crippen LogP contribution in [0.15, 0.2) is 38.8 Å². The van der Waals surface area contributed by atoms with Crippen LogP contribution in [0.4, 0.5) is 0 Å². The molecule has 0 aliphatic heterocycles. The normalized spacial score (nSPS) is 9.58. The Morgan fingerprint density at radius 1 is 1.17 bits per heavy atom. The van der Waals surface area contributed by atoms with E-state index in [2.05, 4.69) is 31.9 Å². The van der Waals surface area contributed by atoms with E-state index < -0.39 is 0 Å². The van der Waals surface area contributed by atoms with Crippen LogP contribution < -0.4 is 0 Å². The Labute approximate surface area is 93.9 Å². The number of halogens is 3. The van der Waals surface area contributed by atoms with Crippen molar-refractivity contribution in [3.63, 3.8) is 0 Å². The monoisotopic (exact) mass is 308 g/mol. The number of hydrogen-bond donors (Lipinski definition) is 0. The third-order valence-electron chi connectivity index (χ3n) is 1.41. The SMILES string of the molecule is ClC(Cc1ccccc1)=C(Br)Br. The molecule has 0 aliphatic rings. The molecule has 0 radical (unpaired) electrons. The molecule has 1 aromatic carbocycles. The van der Waals surface area contributed by atoms with Crippen molar-refractivity contribution in [2.45, 2.75) is 6.42 Å². The van der Waals surface area contributed by atoms with E-state index in [0.29, 0.717) is 0 Å². The van der Waals surface area contributed by atoms with Gasteiger partial charge in [-0.3, -0.25) is 0 Å². The van der Waals surface area contributed by atoms with Crippen LogP contribution in [0.3, 0.4) is 0 Å². The number of benzene rings is 1. The van der Waals surface area contributed by atoms with E-state index >= 15 is 0 Å². The summed E-state index contributed by atoms with van der Waals surface area (Å²) >= 11 is 12.5. The summed E-state index contributed by atoms with van der Waals surface area (Å²) < 4.78 is 0.820. The van der Waals surface area contributed by atoms with Crippen molar-refractivity contribution in [2.75, 3.05) is 0 Å². The minimum atomic E-state index is 0.758. The Morgan fingerprint density at radius 3 is 2.25 bits per heavy atom. The molecule has 0 bridgehead atoms. The smallest absolute Gasteiger partial charge is 0.0752 e. The topological polar surface area (TPSA) is 0 Å². The Kier molecular flexibility index (Phi) is 4.33. The number of rotatable bonds is 2. The van der Waals surface area contributed by atoms with Crippen LogP contribution in [0.25, 0.3) is 0 Å². The Morgan fingerprint density at radius 2 is 1.75 bits per heavy atom. The Hall–Kier alpha value is 0.210. The van der Waals surface area contributed by atoms with Gasteiger partial charge in [0.2, 0.25) is 0 Å². The van der Waals surface area contributed by atoms with E-state index in [4.69, 9.17) is 11.6 Å². The number of hydrogen-bond acceptors (Lipinski definition) is 0. The molecule has 0 N–H and O–H groups in total. The van der Waals surface area contributed by atoms with Gasteiger partial charge in [-0.05, 0) is 37.4 Å². The first-order chi connectivity index (χ1) is 5.70. The minimum Gasteiger partial charge on any atom is -0.0870 e. The first kappa shape index (κ1) is 10.3. The second kappa shape index (κ2) is 5.05. The van der Waals surface area contributed by atoms with Gasteiger partial charge in [0.25, 0.3) is 0 Å². The molecule has 0 nitrogen and oxygen atoms in total. The van der Waals surface area contributed by atoms with E-state index in [1.807, 2.05) is 30.3 Å². The van der Waals surface area contributed by atoms with Gasteiger partial charge in [-0.1, -0.05) is 41.9 Å². The van der Waals surface area contributed by atoms with E-state index in [1.165, 1.54) is 5.56 Å². The molecule has 0 heterocycles. The highest BCUT2D eigenvalue weighted by molar-refractivity contribution is 9.28. The lowest BCUT2D eigenvalue weighted by molar-refractivity contribution is 1.25. The number of allylic oxidation sites excluding steroid dienone is 1. The maximum absolute atomic E-state index is 5.94. The zero-order valence-electron chi connectivity index (χ0n) is 6.23. The molecular formula is C9H7Br2Cl. The van der Waals surface area contributed by atoms with Gasteiger partial charge in [0.05, 0.1) is 3.39 Å². The molecule has 0 unspecified atom stereocenters. The van der Waals surface area contributed by atoms with Crippen molar-refractivity contribution in [3.05, 3.63) is 44.3 Å². The van der Waals surface area contributed by atoms with Crippen molar-refractivity contribution in [1.29, 1.82) is 0 Å². The lowest BCUT2D eigenvalue weighted by Gasteiger charge is -1.99. The van der Waals surface area contributed by atoms with Crippen molar-refractivity contribution < 1.29 is 0 Å². The molecular weight excluding hydrogens is 303 g/mol. The quantitative estimate of drug-likeness (QED) is 0.758. The largest absolute Gasteiger partial charge is 0.0870 e. The van der Waals surface area contributed by atoms with Gasteiger partial charge in [-0.15, -0.1) is 0 Å². The predicted molar refractivity (Wildman–Crippen MR) is 60.9 cm³/mol. The molecule has 0 atom stereocenters. The van der Waals surface area contributed by atoms with Gasteiger partial charge in [0.15, 0.2) is 0 Å². The van der Waals surface area contributed by atoms with Crippen LogP contribution >= 0.6 is 43.5 Å². The average Bonchev–Trinajstić information content (AvgIpc) is 2.06. The summed E-state index contributed by atoms with van der Waals surface area (Å²) in [7, 11) is 0. The maximum atomic E-state index is 5.94. The summed E-state index contributed by atoms with van der Waals surface area (Å²) in [6, 6.07) is 10.1. The summed E-state index contributed by atoms with van der Waals surface area (Å²) in [4.78, 5) is 0. The fourth-order valence-electron chi connectivity index (χ4n) is 0.842. The van der Waals surface area contributed by atoms with Crippen molar-refractivity contribution in [3.8, 4) is 0 Å². The average molecular weight is 310 g/mol. The van der Waals surface area contributed by atoms with Crippen LogP contribution in [-0.4, -0.2) is 0 Å².